The second-order valence-electron chi connectivity index (χ2n) is 6.76. The Morgan fingerprint density at radius 2 is 1.61 bits per heavy atom. The maximum Gasteiger partial charge on any atom is 0.262 e. The highest BCUT2D eigenvalue weighted by atomic mass is 32.1. The fourth-order valence-electron chi connectivity index (χ4n) is 3.69. The molecule has 2 aliphatic rings. The number of nitrogens with zero attached hydrogens (tertiary/aromatic N) is 2. The van der Waals surface area contributed by atoms with Crippen molar-refractivity contribution in [1.29, 1.82) is 0 Å². The molecule has 0 aromatic heterocycles. The van der Waals surface area contributed by atoms with Gasteiger partial charge in [0.15, 0.2) is 5.05 Å². The lowest BCUT2D eigenvalue weighted by Crippen LogP contribution is -2.68. The molecule has 2 atom stereocenters. The van der Waals surface area contributed by atoms with Crippen LogP contribution in [0.5, 0.6) is 0 Å². The van der Waals surface area contributed by atoms with E-state index in [1.165, 1.54) is 7.11 Å². The van der Waals surface area contributed by atoms with Crippen LogP contribution in [0.1, 0.15) is 26.3 Å². The minimum absolute atomic E-state index is 0.241. The third-order valence-electron chi connectivity index (χ3n) is 5.20. The molecule has 2 unspecified atom stereocenters. The first-order valence-corrected chi connectivity index (χ1v) is 9.33. The molecule has 7 heteroatoms. The van der Waals surface area contributed by atoms with Gasteiger partial charge in [0.05, 0.1) is 24.8 Å². The normalized spacial score (nSPS) is 19.3. The second-order valence-corrected chi connectivity index (χ2v) is 7.16. The molecule has 0 aliphatic carbocycles. The molecule has 28 heavy (non-hydrogen) atoms. The highest BCUT2D eigenvalue weighted by Gasteiger charge is 2.52. The lowest BCUT2D eigenvalue weighted by molar-refractivity contribution is -0.149. The van der Waals surface area contributed by atoms with Gasteiger partial charge in [0, 0.05) is 6.42 Å². The van der Waals surface area contributed by atoms with Crippen molar-refractivity contribution in [1.82, 2.24) is 9.80 Å². The number of thiocarbonyl (C=S) groups is 1. The molecule has 6 nitrogen and oxygen atoms in total. The second kappa shape index (κ2) is 7.16. The van der Waals surface area contributed by atoms with Crippen molar-refractivity contribution in [3.8, 4) is 0 Å². The number of hydrogen-bond acceptors (Lipinski definition) is 5. The highest BCUT2D eigenvalue weighted by Crippen LogP contribution is 2.30. The van der Waals surface area contributed by atoms with Crippen molar-refractivity contribution in [3.63, 3.8) is 0 Å². The smallest absolute Gasteiger partial charge is 0.262 e. The van der Waals surface area contributed by atoms with E-state index >= 15 is 0 Å². The topological polar surface area (TPSA) is 66.9 Å². The van der Waals surface area contributed by atoms with Crippen LogP contribution in [0.2, 0.25) is 0 Å². The van der Waals surface area contributed by atoms with E-state index < -0.39 is 23.9 Å². The van der Waals surface area contributed by atoms with E-state index in [0.717, 1.165) is 10.5 Å². The standard InChI is InChI=1S/C21H18N2O4S/c1-27-21(28)16(11-13-7-3-2-4-8-13)22-12-17(20(22)26)23-18(24)14-9-5-6-10-15(14)19(23)25/h2-10,16-17H,11-12H2,1H3. The molecule has 0 N–H and O–H groups in total. The number of β-lactam (4-membered cyclic amide) rings is 1. The van der Waals surface area contributed by atoms with E-state index in [-0.39, 0.29) is 12.5 Å². The minimum atomic E-state index is -0.801. The van der Waals surface area contributed by atoms with Crippen molar-refractivity contribution >= 4 is 35.0 Å². The quantitative estimate of drug-likeness (QED) is 0.441. The summed E-state index contributed by atoms with van der Waals surface area (Å²) in [6, 6.07) is 15.1. The maximum absolute atomic E-state index is 12.9. The van der Waals surface area contributed by atoms with Gasteiger partial charge >= 0.3 is 0 Å². The third kappa shape index (κ3) is 2.88. The van der Waals surface area contributed by atoms with E-state index in [1.54, 1.807) is 29.2 Å². The molecule has 0 radical (unpaired) electrons. The lowest BCUT2D eigenvalue weighted by atomic mass is 9.97. The van der Waals surface area contributed by atoms with Gasteiger partial charge in [-0.15, -0.1) is 0 Å². The summed E-state index contributed by atoms with van der Waals surface area (Å²) in [7, 11) is 1.48. The minimum Gasteiger partial charge on any atom is -0.488 e. The van der Waals surface area contributed by atoms with E-state index in [9.17, 15) is 14.4 Å². The van der Waals surface area contributed by atoms with Crippen LogP contribution >= 0.6 is 12.2 Å². The summed E-state index contributed by atoms with van der Waals surface area (Å²) in [6.45, 7) is 0.241. The van der Waals surface area contributed by atoms with Gasteiger partial charge in [-0.05, 0) is 29.9 Å². The monoisotopic (exact) mass is 394 g/mol. The summed E-state index contributed by atoms with van der Waals surface area (Å²) >= 11 is 5.32. The average molecular weight is 394 g/mol. The van der Waals surface area contributed by atoms with Crippen molar-refractivity contribution < 1.29 is 19.1 Å². The zero-order chi connectivity index (χ0) is 19.8. The van der Waals surface area contributed by atoms with Gasteiger partial charge in [0.25, 0.3) is 11.8 Å². The maximum atomic E-state index is 12.9. The molecule has 4 rings (SSSR count). The van der Waals surface area contributed by atoms with E-state index in [4.69, 9.17) is 17.0 Å². The third-order valence-corrected chi connectivity index (χ3v) is 5.64. The first-order valence-electron chi connectivity index (χ1n) is 8.92. The van der Waals surface area contributed by atoms with Gasteiger partial charge in [0.1, 0.15) is 12.1 Å². The number of hydrogen-bond donors (Lipinski definition) is 0. The fraction of sp³-hybridized carbons (Fsp3) is 0.238. The zero-order valence-electron chi connectivity index (χ0n) is 15.2. The van der Waals surface area contributed by atoms with Crippen LogP contribution in [0.3, 0.4) is 0 Å². The van der Waals surface area contributed by atoms with Gasteiger partial charge in [-0.1, -0.05) is 42.5 Å². The molecule has 2 aromatic carbocycles. The average Bonchev–Trinajstić information content (AvgIpc) is 2.97. The van der Waals surface area contributed by atoms with Crippen molar-refractivity contribution in [2.45, 2.75) is 18.5 Å². The molecule has 1 saturated heterocycles. The van der Waals surface area contributed by atoms with Crippen LogP contribution in [-0.4, -0.2) is 58.3 Å². The zero-order valence-corrected chi connectivity index (χ0v) is 16.0. The molecular formula is C21H18N2O4S. The molecule has 0 spiro atoms. The van der Waals surface area contributed by atoms with Crippen LogP contribution < -0.4 is 0 Å². The van der Waals surface area contributed by atoms with Gasteiger partial charge in [-0.25, -0.2) is 0 Å². The Labute approximate surface area is 167 Å². The van der Waals surface area contributed by atoms with Crippen LogP contribution in [-0.2, 0) is 16.0 Å². The molecule has 142 valence electrons. The van der Waals surface area contributed by atoms with Gasteiger partial charge in [-0.3, -0.25) is 19.3 Å². The lowest BCUT2D eigenvalue weighted by Gasteiger charge is -2.45. The number of benzene rings is 2. The summed E-state index contributed by atoms with van der Waals surface area (Å²) in [4.78, 5) is 40.8. The predicted molar refractivity (Wildman–Crippen MR) is 106 cm³/mol. The molecule has 0 bridgehead atoms. The summed E-state index contributed by atoms with van der Waals surface area (Å²) in [5, 5.41) is 0.304. The van der Waals surface area contributed by atoms with Gasteiger partial charge in [-0.2, -0.15) is 0 Å². The molecule has 1 fully saturated rings. The number of methoxy groups -OCH3 is 1. The molecule has 3 amide bonds. The van der Waals surface area contributed by atoms with Crippen molar-refractivity contribution in [3.05, 3.63) is 71.3 Å². The molecule has 2 heterocycles. The SMILES string of the molecule is COC(=S)C(Cc1ccccc1)N1CC(N2C(=O)c3ccccc3C2=O)C1=O. The van der Waals surface area contributed by atoms with Crippen LogP contribution in [0.25, 0.3) is 0 Å². The molecule has 2 aliphatic heterocycles. The summed E-state index contributed by atoms with van der Waals surface area (Å²) in [5.74, 6) is -1.14. The van der Waals surface area contributed by atoms with Gasteiger partial charge in [0.2, 0.25) is 5.91 Å². The Morgan fingerprint density at radius 3 is 2.14 bits per heavy atom. The molecular weight excluding hydrogens is 376 g/mol. The van der Waals surface area contributed by atoms with Crippen molar-refractivity contribution in [2.75, 3.05) is 13.7 Å². The first kappa shape index (κ1) is 18.3. The number of ether oxygens (including phenoxy) is 1. The molecule has 2 aromatic rings. The number of imide groups is 1. The predicted octanol–water partition coefficient (Wildman–Crippen LogP) is 2.08. The van der Waals surface area contributed by atoms with Crippen LogP contribution in [0.15, 0.2) is 54.6 Å². The Kier molecular flexibility index (Phi) is 4.68. The van der Waals surface area contributed by atoms with Crippen molar-refractivity contribution in [2.24, 2.45) is 0 Å². The Morgan fingerprint density at radius 1 is 1.04 bits per heavy atom. The van der Waals surface area contributed by atoms with E-state index in [1.807, 2.05) is 30.3 Å². The fourth-order valence-corrected chi connectivity index (χ4v) is 3.90. The highest BCUT2D eigenvalue weighted by molar-refractivity contribution is 7.80. The summed E-state index contributed by atoms with van der Waals surface area (Å²) < 4.78 is 5.23. The number of fused-ring (bicyclic) bond motifs is 1. The Balaban J connectivity index is 1.53. The Hall–Kier alpha value is -3.06. The number of carbonyl (C=O) groups is 3. The number of rotatable bonds is 5. The number of amides is 3. The van der Waals surface area contributed by atoms with E-state index in [0.29, 0.717) is 22.6 Å². The van der Waals surface area contributed by atoms with E-state index in [2.05, 4.69) is 0 Å². The summed E-state index contributed by atoms with van der Waals surface area (Å²) in [5.41, 5.74) is 1.70. The first-order chi connectivity index (χ1) is 13.5. The summed E-state index contributed by atoms with van der Waals surface area (Å²) in [6.07, 6.45) is 0.508. The molecule has 0 saturated carbocycles. The Bertz CT molecular complexity index is 940. The van der Waals surface area contributed by atoms with Crippen LogP contribution in [0.4, 0.5) is 0 Å². The number of likely N-dealkylation sites (tertiary alicyclic amines) is 1. The van der Waals surface area contributed by atoms with Gasteiger partial charge < -0.3 is 9.64 Å². The number of carbonyl (C=O) groups excluding carboxylic acids is 3. The largest absolute Gasteiger partial charge is 0.488 e. The van der Waals surface area contributed by atoms with Crippen LogP contribution in [0, 0.1) is 0 Å².